The Kier molecular flexibility index (Phi) is 4.72. The summed E-state index contributed by atoms with van der Waals surface area (Å²) in [5.41, 5.74) is 2.73. The van der Waals surface area contributed by atoms with E-state index >= 15 is 0 Å². The number of hydrogen-bond donors (Lipinski definition) is 1. The number of benzene rings is 1. The van der Waals surface area contributed by atoms with Gasteiger partial charge in [0, 0.05) is 51.2 Å². The van der Waals surface area contributed by atoms with Crippen molar-refractivity contribution < 1.29 is 5.11 Å². The van der Waals surface area contributed by atoms with E-state index in [1.165, 1.54) is 11.1 Å². The number of hydrogen-bond acceptors (Lipinski definition) is 4. The monoisotopic (exact) mass is 351 g/mol. The fourth-order valence-electron chi connectivity index (χ4n) is 4.79. The SMILES string of the molecule is CC1CN2CCN(Cc3ccncc3)CC2CC1(C)c1cccc(O)c1. The van der Waals surface area contributed by atoms with Gasteiger partial charge in [-0.15, -0.1) is 0 Å². The Labute approximate surface area is 156 Å². The minimum atomic E-state index is 0.111. The zero-order valence-electron chi connectivity index (χ0n) is 15.8. The second-order valence-electron chi connectivity index (χ2n) is 8.31. The lowest BCUT2D eigenvalue weighted by atomic mass is 9.65. The van der Waals surface area contributed by atoms with Crippen molar-refractivity contribution in [2.75, 3.05) is 26.2 Å². The lowest BCUT2D eigenvalue weighted by Crippen LogP contribution is -2.60. The fourth-order valence-corrected chi connectivity index (χ4v) is 4.79. The Bertz CT molecular complexity index is 750. The van der Waals surface area contributed by atoms with E-state index in [1.54, 1.807) is 6.07 Å². The lowest BCUT2D eigenvalue weighted by Gasteiger charge is -2.53. The van der Waals surface area contributed by atoms with Crippen molar-refractivity contribution in [1.82, 2.24) is 14.8 Å². The average Bonchev–Trinajstić information content (AvgIpc) is 2.64. The van der Waals surface area contributed by atoms with E-state index in [0.29, 0.717) is 17.7 Å². The molecule has 4 heteroatoms. The molecule has 0 radical (unpaired) electrons. The maximum absolute atomic E-state index is 9.96. The molecule has 4 rings (SSSR count). The number of rotatable bonds is 3. The van der Waals surface area contributed by atoms with E-state index in [4.69, 9.17) is 0 Å². The second-order valence-corrected chi connectivity index (χ2v) is 8.31. The summed E-state index contributed by atoms with van der Waals surface area (Å²) < 4.78 is 0. The van der Waals surface area contributed by atoms with Crippen LogP contribution in [0, 0.1) is 5.92 Å². The summed E-state index contributed by atoms with van der Waals surface area (Å²) in [7, 11) is 0. The Hall–Kier alpha value is -1.91. The Morgan fingerprint density at radius 1 is 1.15 bits per heavy atom. The highest BCUT2D eigenvalue weighted by Gasteiger charge is 2.44. The van der Waals surface area contributed by atoms with Gasteiger partial charge in [-0.1, -0.05) is 26.0 Å². The summed E-state index contributed by atoms with van der Waals surface area (Å²) in [5.74, 6) is 0.952. The molecule has 3 atom stereocenters. The highest BCUT2D eigenvalue weighted by molar-refractivity contribution is 5.34. The molecule has 4 nitrogen and oxygen atoms in total. The summed E-state index contributed by atoms with van der Waals surface area (Å²) in [6.07, 6.45) is 4.91. The normalized spacial score (nSPS) is 30.1. The van der Waals surface area contributed by atoms with Gasteiger partial charge >= 0.3 is 0 Å². The van der Waals surface area contributed by atoms with Crippen LogP contribution in [0.1, 0.15) is 31.4 Å². The molecule has 2 saturated heterocycles. The van der Waals surface area contributed by atoms with Crippen LogP contribution in [0.4, 0.5) is 0 Å². The molecule has 3 heterocycles. The first-order chi connectivity index (χ1) is 12.5. The molecule has 26 heavy (non-hydrogen) atoms. The minimum Gasteiger partial charge on any atom is -0.508 e. The van der Waals surface area contributed by atoms with Crippen LogP contribution in [0.15, 0.2) is 48.8 Å². The first kappa shape index (κ1) is 17.5. The summed E-state index contributed by atoms with van der Waals surface area (Å²) >= 11 is 0. The minimum absolute atomic E-state index is 0.111. The van der Waals surface area contributed by atoms with E-state index < -0.39 is 0 Å². The smallest absolute Gasteiger partial charge is 0.115 e. The highest BCUT2D eigenvalue weighted by Crippen LogP contribution is 2.43. The molecular formula is C22H29N3O. The van der Waals surface area contributed by atoms with Crippen molar-refractivity contribution in [3.63, 3.8) is 0 Å². The molecule has 0 saturated carbocycles. The number of phenols is 1. The quantitative estimate of drug-likeness (QED) is 0.921. The molecule has 1 aromatic heterocycles. The molecule has 2 aliphatic heterocycles. The molecule has 0 bridgehead atoms. The topological polar surface area (TPSA) is 39.6 Å². The maximum Gasteiger partial charge on any atom is 0.115 e. The first-order valence-corrected chi connectivity index (χ1v) is 9.69. The summed E-state index contributed by atoms with van der Waals surface area (Å²) in [4.78, 5) is 9.38. The van der Waals surface area contributed by atoms with Gasteiger partial charge in [0.05, 0.1) is 0 Å². The third-order valence-corrected chi connectivity index (χ3v) is 6.61. The van der Waals surface area contributed by atoms with E-state index in [-0.39, 0.29) is 5.41 Å². The third-order valence-electron chi connectivity index (χ3n) is 6.61. The zero-order chi connectivity index (χ0) is 18.1. The van der Waals surface area contributed by atoms with Gasteiger partial charge in [-0.05, 0) is 53.1 Å². The summed E-state index contributed by atoms with van der Waals surface area (Å²) in [5, 5.41) is 9.96. The van der Waals surface area contributed by atoms with Gasteiger partial charge in [-0.3, -0.25) is 14.8 Å². The van der Waals surface area contributed by atoms with E-state index in [1.807, 2.05) is 24.5 Å². The molecule has 2 aromatic rings. The number of nitrogens with zero attached hydrogens (tertiary/aromatic N) is 3. The van der Waals surface area contributed by atoms with Crippen LogP contribution in [0.5, 0.6) is 5.75 Å². The largest absolute Gasteiger partial charge is 0.508 e. The molecule has 0 spiro atoms. The zero-order valence-corrected chi connectivity index (χ0v) is 15.8. The predicted octanol–water partition coefficient (Wildman–Crippen LogP) is 3.27. The fraction of sp³-hybridized carbons (Fsp3) is 0.500. The van der Waals surface area contributed by atoms with E-state index in [9.17, 15) is 5.11 Å². The van der Waals surface area contributed by atoms with Crippen molar-refractivity contribution in [3.05, 3.63) is 59.9 Å². The molecule has 3 unspecified atom stereocenters. The van der Waals surface area contributed by atoms with Crippen LogP contribution in [0.25, 0.3) is 0 Å². The molecule has 138 valence electrons. The van der Waals surface area contributed by atoms with Crippen LogP contribution in [-0.2, 0) is 12.0 Å². The van der Waals surface area contributed by atoms with Gasteiger partial charge in [-0.25, -0.2) is 0 Å². The third kappa shape index (κ3) is 3.36. The first-order valence-electron chi connectivity index (χ1n) is 9.69. The molecule has 0 amide bonds. The van der Waals surface area contributed by atoms with Gasteiger partial charge in [0.2, 0.25) is 0 Å². The van der Waals surface area contributed by atoms with Gasteiger partial charge in [-0.2, -0.15) is 0 Å². The van der Waals surface area contributed by atoms with Crippen molar-refractivity contribution in [2.24, 2.45) is 5.92 Å². The lowest BCUT2D eigenvalue weighted by molar-refractivity contribution is -0.00558. The van der Waals surface area contributed by atoms with Crippen LogP contribution >= 0.6 is 0 Å². The number of piperidine rings is 1. The van der Waals surface area contributed by atoms with Crippen LogP contribution in [-0.4, -0.2) is 52.1 Å². The second kappa shape index (κ2) is 7.01. The molecular weight excluding hydrogens is 322 g/mol. The van der Waals surface area contributed by atoms with Crippen LogP contribution in [0.2, 0.25) is 0 Å². The number of fused-ring (bicyclic) bond motifs is 1. The van der Waals surface area contributed by atoms with Crippen molar-refractivity contribution in [3.8, 4) is 5.75 Å². The van der Waals surface area contributed by atoms with Crippen LogP contribution < -0.4 is 0 Å². The number of phenolic OH excluding ortho intramolecular Hbond substituents is 1. The van der Waals surface area contributed by atoms with Gasteiger partial charge in [0.15, 0.2) is 0 Å². The number of aromatic nitrogens is 1. The molecule has 0 aliphatic carbocycles. The van der Waals surface area contributed by atoms with Gasteiger partial charge in [0.25, 0.3) is 0 Å². The van der Waals surface area contributed by atoms with Crippen molar-refractivity contribution >= 4 is 0 Å². The van der Waals surface area contributed by atoms with Crippen molar-refractivity contribution in [2.45, 2.75) is 38.3 Å². The number of piperazine rings is 1. The number of aromatic hydroxyl groups is 1. The molecule has 1 aromatic carbocycles. The standard InChI is InChI=1S/C22H29N3O/c1-17-14-25-11-10-24(15-18-6-8-23-9-7-18)16-20(25)13-22(17,2)19-4-3-5-21(26)12-19/h3-9,12,17,20,26H,10-11,13-16H2,1-2H3. The Morgan fingerprint density at radius 3 is 2.73 bits per heavy atom. The van der Waals surface area contributed by atoms with E-state index in [0.717, 1.165) is 39.1 Å². The molecule has 1 N–H and O–H groups in total. The van der Waals surface area contributed by atoms with Gasteiger partial charge in [0.1, 0.15) is 5.75 Å². The average molecular weight is 351 g/mol. The number of pyridine rings is 1. The van der Waals surface area contributed by atoms with Crippen LogP contribution in [0.3, 0.4) is 0 Å². The van der Waals surface area contributed by atoms with E-state index in [2.05, 4.69) is 46.8 Å². The highest BCUT2D eigenvalue weighted by atomic mass is 16.3. The summed E-state index contributed by atoms with van der Waals surface area (Å²) in [6.45, 7) is 10.3. The van der Waals surface area contributed by atoms with Gasteiger partial charge < -0.3 is 5.11 Å². The predicted molar refractivity (Wildman–Crippen MR) is 104 cm³/mol. The Balaban J connectivity index is 1.50. The summed E-state index contributed by atoms with van der Waals surface area (Å²) in [6, 6.07) is 12.7. The van der Waals surface area contributed by atoms with Crippen molar-refractivity contribution in [1.29, 1.82) is 0 Å². The molecule has 2 aliphatic rings. The molecule has 2 fully saturated rings. The maximum atomic E-state index is 9.96. The Morgan fingerprint density at radius 2 is 1.96 bits per heavy atom.